The van der Waals surface area contributed by atoms with E-state index in [0.717, 1.165) is 11.5 Å². The summed E-state index contributed by atoms with van der Waals surface area (Å²) in [5.41, 5.74) is 2.33. The number of hydrogen-bond acceptors (Lipinski definition) is 5. The minimum absolute atomic E-state index is 0.340. The van der Waals surface area contributed by atoms with Gasteiger partial charge in [0.15, 0.2) is 0 Å². The third-order valence-corrected chi connectivity index (χ3v) is 4.72. The van der Waals surface area contributed by atoms with E-state index in [0.29, 0.717) is 23.4 Å². The molecule has 1 atom stereocenters. The van der Waals surface area contributed by atoms with Gasteiger partial charge in [0.2, 0.25) is 6.10 Å². The molecule has 0 radical (unpaired) electrons. The van der Waals surface area contributed by atoms with E-state index < -0.39 is 24.0 Å². The lowest BCUT2D eigenvalue weighted by Crippen LogP contribution is -2.41. The Morgan fingerprint density at radius 1 is 1.10 bits per heavy atom. The van der Waals surface area contributed by atoms with E-state index in [9.17, 15) is 14.4 Å². The molecule has 8 nitrogen and oxygen atoms in total. The molecule has 2 heterocycles. The van der Waals surface area contributed by atoms with Gasteiger partial charge in [-0.1, -0.05) is 30.3 Å². The second kappa shape index (κ2) is 9.13. The van der Waals surface area contributed by atoms with Crippen molar-refractivity contribution in [3.8, 4) is 0 Å². The van der Waals surface area contributed by atoms with Crippen LogP contribution < -0.4 is 10.6 Å². The molecule has 0 fully saturated rings. The predicted octanol–water partition coefficient (Wildman–Crippen LogP) is 3.10. The highest BCUT2D eigenvalue weighted by atomic mass is 16.5. The van der Waals surface area contributed by atoms with Gasteiger partial charge >= 0.3 is 12.0 Å². The smallest absolute Gasteiger partial charge is 0.341 e. The van der Waals surface area contributed by atoms with Gasteiger partial charge in [-0.05, 0) is 32.0 Å². The normalized spacial score (nSPS) is 11.6. The highest BCUT2D eigenvalue weighted by Crippen LogP contribution is 2.23. The van der Waals surface area contributed by atoms with Crippen molar-refractivity contribution in [3.05, 3.63) is 83.1 Å². The van der Waals surface area contributed by atoms with E-state index in [1.165, 1.54) is 7.05 Å². The lowest BCUT2D eigenvalue weighted by molar-refractivity contribution is -0.129. The second-order valence-electron chi connectivity index (χ2n) is 6.71. The van der Waals surface area contributed by atoms with E-state index in [2.05, 4.69) is 10.6 Å². The molecular weight excluding hydrogens is 386 g/mol. The van der Waals surface area contributed by atoms with Crippen molar-refractivity contribution in [1.29, 1.82) is 0 Å². The Kier molecular flexibility index (Phi) is 6.36. The summed E-state index contributed by atoms with van der Waals surface area (Å²) >= 11 is 0. The van der Waals surface area contributed by atoms with Crippen LogP contribution in [0.4, 0.5) is 4.79 Å². The van der Waals surface area contributed by atoms with Gasteiger partial charge in [-0.3, -0.25) is 10.1 Å². The summed E-state index contributed by atoms with van der Waals surface area (Å²) in [7, 11) is 1.39. The quantitative estimate of drug-likeness (QED) is 0.609. The minimum Gasteiger partial charge on any atom is -0.467 e. The van der Waals surface area contributed by atoms with Crippen LogP contribution in [0.5, 0.6) is 0 Å². The Labute approximate surface area is 173 Å². The highest BCUT2D eigenvalue weighted by Gasteiger charge is 2.28. The number of nitrogens with one attached hydrogen (secondary N) is 2. The zero-order chi connectivity index (χ0) is 21.7. The lowest BCUT2D eigenvalue weighted by Gasteiger charge is -2.17. The number of rotatable bonds is 6. The number of aromatic nitrogens is 1. The van der Waals surface area contributed by atoms with Crippen molar-refractivity contribution in [1.82, 2.24) is 15.2 Å². The molecule has 0 aliphatic rings. The van der Waals surface area contributed by atoms with Gasteiger partial charge in [0.25, 0.3) is 5.91 Å². The summed E-state index contributed by atoms with van der Waals surface area (Å²) in [6.07, 6.45) is 0.318. The van der Waals surface area contributed by atoms with Gasteiger partial charge in [-0.25, -0.2) is 9.59 Å². The average Bonchev–Trinajstić information content (AvgIpc) is 3.36. The van der Waals surface area contributed by atoms with E-state index in [4.69, 9.17) is 9.15 Å². The van der Waals surface area contributed by atoms with Crippen LogP contribution in [0.3, 0.4) is 0 Å². The van der Waals surface area contributed by atoms with Crippen molar-refractivity contribution >= 4 is 17.9 Å². The Bertz CT molecular complexity index is 1040. The lowest BCUT2D eigenvalue weighted by atomic mass is 10.1. The number of hydrogen-bond donors (Lipinski definition) is 2. The summed E-state index contributed by atoms with van der Waals surface area (Å²) in [6, 6.07) is 13.2. The fourth-order valence-corrected chi connectivity index (χ4v) is 3.12. The van der Waals surface area contributed by atoms with Crippen molar-refractivity contribution in [2.75, 3.05) is 7.05 Å². The molecule has 0 unspecified atom stereocenters. The van der Waals surface area contributed by atoms with Gasteiger partial charge in [0.1, 0.15) is 5.76 Å². The maximum atomic E-state index is 12.9. The number of benzene rings is 1. The second-order valence-corrected chi connectivity index (χ2v) is 6.71. The van der Waals surface area contributed by atoms with Gasteiger partial charge in [-0.15, -0.1) is 0 Å². The first-order valence-electron chi connectivity index (χ1n) is 9.38. The number of carbonyl (C=O) groups is 3. The molecule has 0 saturated carbocycles. The summed E-state index contributed by atoms with van der Waals surface area (Å²) < 4.78 is 12.9. The molecule has 0 bridgehead atoms. The van der Waals surface area contributed by atoms with E-state index in [1.807, 2.05) is 17.6 Å². The van der Waals surface area contributed by atoms with Gasteiger partial charge in [0.05, 0.1) is 18.4 Å². The molecule has 3 rings (SSSR count). The number of ether oxygens (including phenoxy) is 1. The molecule has 2 N–H and O–H groups in total. The summed E-state index contributed by atoms with van der Waals surface area (Å²) in [5, 5.41) is 4.47. The van der Waals surface area contributed by atoms with Crippen LogP contribution in [0.2, 0.25) is 0 Å². The zero-order valence-corrected chi connectivity index (χ0v) is 17.0. The number of furan rings is 1. The highest BCUT2D eigenvalue weighted by molar-refractivity contribution is 5.99. The number of amides is 3. The fourth-order valence-electron chi connectivity index (χ4n) is 3.12. The minimum atomic E-state index is -1.27. The average molecular weight is 409 g/mol. The molecule has 2 aromatic heterocycles. The van der Waals surface area contributed by atoms with Crippen molar-refractivity contribution in [3.63, 3.8) is 0 Å². The number of nitrogens with zero attached hydrogens (tertiary/aromatic N) is 1. The molecule has 156 valence electrons. The van der Waals surface area contributed by atoms with Crippen LogP contribution in [-0.4, -0.2) is 29.5 Å². The number of aryl methyl sites for hydroxylation is 1. The summed E-state index contributed by atoms with van der Waals surface area (Å²) in [4.78, 5) is 37.1. The van der Waals surface area contributed by atoms with E-state index in [1.54, 1.807) is 55.7 Å². The third-order valence-electron chi connectivity index (χ3n) is 4.72. The molecule has 0 aliphatic carbocycles. The first-order valence-corrected chi connectivity index (χ1v) is 9.38. The van der Waals surface area contributed by atoms with Crippen LogP contribution in [0.1, 0.15) is 39.2 Å². The van der Waals surface area contributed by atoms with Crippen molar-refractivity contribution in [2.45, 2.75) is 26.5 Å². The topological polar surface area (TPSA) is 103 Å². The largest absolute Gasteiger partial charge is 0.467 e. The Balaban J connectivity index is 1.85. The SMILES string of the molecule is CNC(=O)NC(=O)[C@H](OC(=O)c1cc(C)n(Cc2ccco2)c1C)c1ccccc1. The number of carbonyl (C=O) groups excluding carboxylic acids is 3. The monoisotopic (exact) mass is 409 g/mol. The van der Waals surface area contributed by atoms with Gasteiger partial charge in [0, 0.05) is 24.0 Å². The first-order chi connectivity index (χ1) is 14.4. The summed E-state index contributed by atoms with van der Waals surface area (Å²) in [5.74, 6) is -0.642. The number of urea groups is 1. The predicted molar refractivity (Wildman–Crippen MR) is 109 cm³/mol. The van der Waals surface area contributed by atoms with E-state index in [-0.39, 0.29) is 0 Å². The van der Waals surface area contributed by atoms with Crippen LogP contribution in [0.15, 0.2) is 59.2 Å². The molecular formula is C22H23N3O5. The Morgan fingerprint density at radius 2 is 1.83 bits per heavy atom. The number of imide groups is 1. The molecule has 0 saturated heterocycles. The zero-order valence-electron chi connectivity index (χ0n) is 17.0. The van der Waals surface area contributed by atoms with Crippen molar-refractivity contribution < 1.29 is 23.5 Å². The number of esters is 1. The molecule has 3 amide bonds. The molecule has 3 aromatic rings. The summed E-state index contributed by atoms with van der Waals surface area (Å²) in [6.45, 7) is 4.14. The van der Waals surface area contributed by atoms with Crippen LogP contribution in [-0.2, 0) is 16.1 Å². The molecule has 8 heteroatoms. The maximum absolute atomic E-state index is 12.9. The molecule has 30 heavy (non-hydrogen) atoms. The Morgan fingerprint density at radius 3 is 2.47 bits per heavy atom. The molecule has 1 aromatic carbocycles. The van der Waals surface area contributed by atoms with Gasteiger partial charge in [-0.2, -0.15) is 0 Å². The molecule has 0 spiro atoms. The Hall–Kier alpha value is -3.81. The van der Waals surface area contributed by atoms with Crippen LogP contribution in [0.25, 0.3) is 0 Å². The first kappa shape index (κ1) is 20.9. The third kappa shape index (κ3) is 4.60. The fraction of sp³-hybridized carbons (Fsp3) is 0.227. The van der Waals surface area contributed by atoms with Crippen molar-refractivity contribution in [2.24, 2.45) is 0 Å². The molecule has 0 aliphatic heterocycles. The maximum Gasteiger partial charge on any atom is 0.341 e. The van der Waals surface area contributed by atoms with Crippen LogP contribution >= 0.6 is 0 Å². The van der Waals surface area contributed by atoms with Crippen LogP contribution in [0, 0.1) is 13.8 Å². The van der Waals surface area contributed by atoms with Gasteiger partial charge < -0.3 is 19.0 Å². The standard InChI is InChI=1S/C22H23N3O5/c1-14-12-18(15(2)25(14)13-17-10-7-11-29-17)21(27)30-19(16-8-5-4-6-9-16)20(26)24-22(28)23-3/h4-12,19H,13H2,1-3H3,(H2,23,24,26,28)/t19-/m1/s1. The van der Waals surface area contributed by atoms with E-state index >= 15 is 0 Å².